The van der Waals surface area contributed by atoms with E-state index < -0.39 is 0 Å². The fourth-order valence-electron chi connectivity index (χ4n) is 1.92. The molecule has 0 aromatic carbocycles. The smallest absolute Gasteiger partial charge is 0.257 e. The van der Waals surface area contributed by atoms with Crippen LogP contribution >= 0.6 is 0 Å². The third-order valence-corrected chi connectivity index (χ3v) is 2.69. The second kappa shape index (κ2) is 3.82. The molecule has 0 aliphatic carbocycles. The molecule has 1 aromatic heterocycles. The van der Waals surface area contributed by atoms with Gasteiger partial charge in [0.05, 0.1) is 11.8 Å². The zero-order valence-corrected chi connectivity index (χ0v) is 8.36. The van der Waals surface area contributed by atoms with Gasteiger partial charge in [-0.1, -0.05) is 6.92 Å². The number of nitrogens with zero attached hydrogens (tertiary/aromatic N) is 2. The van der Waals surface area contributed by atoms with Crippen LogP contribution in [0.2, 0.25) is 0 Å². The maximum Gasteiger partial charge on any atom is 0.257 e. The Kier molecular flexibility index (Phi) is 2.52. The topological polar surface area (TPSA) is 49.0 Å². The zero-order valence-electron chi connectivity index (χ0n) is 8.36. The van der Waals surface area contributed by atoms with Gasteiger partial charge in [-0.15, -0.1) is 0 Å². The lowest BCUT2D eigenvalue weighted by Gasteiger charge is -2.30. The summed E-state index contributed by atoms with van der Waals surface area (Å²) in [5, 5.41) is 6.45. The Labute approximate surface area is 83.3 Å². The molecule has 1 fully saturated rings. The quantitative estimate of drug-likeness (QED) is 0.730. The van der Waals surface area contributed by atoms with Gasteiger partial charge in [0, 0.05) is 19.3 Å². The average molecular weight is 193 g/mol. The molecule has 0 saturated carbocycles. The number of amides is 1. The lowest BCUT2D eigenvalue weighted by molar-refractivity contribution is 0.0683. The van der Waals surface area contributed by atoms with Crippen LogP contribution in [0.15, 0.2) is 12.4 Å². The number of hydrogen-bond acceptors (Lipinski definition) is 2. The minimum absolute atomic E-state index is 0.102. The summed E-state index contributed by atoms with van der Waals surface area (Å²) in [5.74, 6) is 0.727. The third-order valence-electron chi connectivity index (χ3n) is 2.69. The maximum atomic E-state index is 11.9. The van der Waals surface area contributed by atoms with E-state index in [1.165, 1.54) is 6.42 Å². The van der Waals surface area contributed by atoms with E-state index in [1.807, 2.05) is 4.90 Å². The summed E-state index contributed by atoms with van der Waals surface area (Å²) in [7, 11) is 0. The monoisotopic (exact) mass is 193 g/mol. The number of aromatic amines is 1. The van der Waals surface area contributed by atoms with Crippen molar-refractivity contribution in [2.45, 2.75) is 19.8 Å². The number of rotatable bonds is 1. The van der Waals surface area contributed by atoms with Gasteiger partial charge in [0.25, 0.3) is 5.91 Å². The fourth-order valence-corrected chi connectivity index (χ4v) is 1.92. The van der Waals surface area contributed by atoms with Gasteiger partial charge in [0.15, 0.2) is 0 Å². The van der Waals surface area contributed by atoms with Gasteiger partial charge < -0.3 is 4.90 Å². The molecule has 1 atom stereocenters. The van der Waals surface area contributed by atoms with Gasteiger partial charge in [-0.05, 0) is 18.8 Å². The minimum atomic E-state index is 0.102. The second-order valence-electron chi connectivity index (χ2n) is 3.99. The van der Waals surface area contributed by atoms with Crippen molar-refractivity contribution in [3.63, 3.8) is 0 Å². The first-order valence-corrected chi connectivity index (χ1v) is 5.05. The van der Waals surface area contributed by atoms with E-state index in [9.17, 15) is 4.79 Å². The third kappa shape index (κ3) is 1.78. The summed E-state index contributed by atoms with van der Waals surface area (Å²) in [6, 6.07) is 0. The average Bonchev–Trinajstić information content (AvgIpc) is 2.69. The van der Waals surface area contributed by atoms with Gasteiger partial charge in [0.2, 0.25) is 0 Å². The summed E-state index contributed by atoms with van der Waals surface area (Å²) in [4.78, 5) is 13.8. The van der Waals surface area contributed by atoms with Crippen LogP contribution in [0.4, 0.5) is 0 Å². The molecule has 0 bridgehead atoms. The van der Waals surface area contributed by atoms with Crippen LogP contribution in [-0.4, -0.2) is 34.1 Å². The van der Waals surface area contributed by atoms with E-state index in [2.05, 4.69) is 17.1 Å². The Morgan fingerprint density at radius 3 is 3.21 bits per heavy atom. The summed E-state index contributed by atoms with van der Waals surface area (Å²) in [5.41, 5.74) is 0.666. The molecule has 1 aliphatic rings. The molecular weight excluding hydrogens is 178 g/mol. The Hall–Kier alpha value is -1.32. The highest BCUT2D eigenvalue weighted by Crippen LogP contribution is 2.17. The Morgan fingerprint density at radius 1 is 1.71 bits per heavy atom. The molecule has 0 spiro atoms. The van der Waals surface area contributed by atoms with Crippen LogP contribution in [0.5, 0.6) is 0 Å². The lowest BCUT2D eigenvalue weighted by atomic mass is 10.00. The Balaban J connectivity index is 2.04. The zero-order chi connectivity index (χ0) is 9.97. The number of likely N-dealkylation sites (tertiary alicyclic amines) is 1. The minimum Gasteiger partial charge on any atom is -0.338 e. The number of H-pyrrole nitrogens is 1. The largest absolute Gasteiger partial charge is 0.338 e. The molecule has 1 N–H and O–H groups in total. The van der Waals surface area contributed by atoms with E-state index in [0.717, 1.165) is 19.5 Å². The summed E-state index contributed by atoms with van der Waals surface area (Å²) in [6.07, 6.45) is 5.59. The number of aromatic nitrogens is 2. The van der Waals surface area contributed by atoms with E-state index in [0.29, 0.717) is 11.5 Å². The van der Waals surface area contributed by atoms with E-state index in [4.69, 9.17) is 0 Å². The van der Waals surface area contributed by atoms with Crippen molar-refractivity contribution in [3.05, 3.63) is 18.0 Å². The van der Waals surface area contributed by atoms with E-state index in [1.54, 1.807) is 12.4 Å². The van der Waals surface area contributed by atoms with Gasteiger partial charge in [0.1, 0.15) is 0 Å². The number of carbonyl (C=O) groups is 1. The van der Waals surface area contributed by atoms with Crippen LogP contribution in [0.1, 0.15) is 30.1 Å². The van der Waals surface area contributed by atoms with Gasteiger partial charge in [-0.3, -0.25) is 9.89 Å². The second-order valence-corrected chi connectivity index (χ2v) is 3.99. The molecule has 14 heavy (non-hydrogen) atoms. The van der Waals surface area contributed by atoms with E-state index >= 15 is 0 Å². The Morgan fingerprint density at radius 2 is 2.57 bits per heavy atom. The highest BCUT2D eigenvalue weighted by molar-refractivity contribution is 5.93. The van der Waals surface area contributed by atoms with E-state index in [-0.39, 0.29) is 5.91 Å². The molecule has 1 aliphatic heterocycles. The van der Waals surface area contributed by atoms with Crippen molar-refractivity contribution in [3.8, 4) is 0 Å². The van der Waals surface area contributed by atoms with Gasteiger partial charge >= 0.3 is 0 Å². The van der Waals surface area contributed by atoms with Crippen molar-refractivity contribution in [2.24, 2.45) is 5.92 Å². The molecule has 2 heterocycles. The molecular formula is C10H15N3O. The van der Waals surface area contributed by atoms with Crippen LogP contribution in [-0.2, 0) is 0 Å². The molecule has 1 saturated heterocycles. The Bertz CT molecular complexity index is 307. The SMILES string of the molecule is CC1CCCN(C(=O)c2cn[nH]c2)C1. The highest BCUT2D eigenvalue weighted by Gasteiger charge is 2.22. The van der Waals surface area contributed by atoms with Crippen molar-refractivity contribution >= 4 is 5.91 Å². The number of hydrogen-bond donors (Lipinski definition) is 1. The predicted molar refractivity (Wildman–Crippen MR) is 52.9 cm³/mol. The molecule has 2 rings (SSSR count). The normalized spacial score (nSPS) is 22.4. The molecule has 4 nitrogen and oxygen atoms in total. The summed E-state index contributed by atoms with van der Waals surface area (Å²) < 4.78 is 0. The highest BCUT2D eigenvalue weighted by atomic mass is 16.2. The molecule has 76 valence electrons. The van der Waals surface area contributed by atoms with Crippen LogP contribution in [0.3, 0.4) is 0 Å². The van der Waals surface area contributed by atoms with Crippen LogP contribution in [0.25, 0.3) is 0 Å². The first-order valence-electron chi connectivity index (χ1n) is 5.05. The standard InChI is InChI=1S/C10H15N3O/c1-8-3-2-4-13(7-8)10(14)9-5-11-12-6-9/h5-6,8H,2-4,7H2,1H3,(H,11,12). The molecule has 1 aromatic rings. The van der Waals surface area contributed by atoms with Crippen molar-refractivity contribution < 1.29 is 4.79 Å². The molecule has 1 unspecified atom stereocenters. The maximum absolute atomic E-state index is 11.9. The van der Waals surface area contributed by atoms with Crippen molar-refractivity contribution in [1.29, 1.82) is 0 Å². The van der Waals surface area contributed by atoms with Crippen molar-refractivity contribution in [1.82, 2.24) is 15.1 Å². The number of carbonyl (C=O) groups excluding carboxylic acids is 1. The lowest BCUT2D eigenvalue weighted by Crippen LogP contribution is -2.38. The van der Waals surface area contributed by atoms with Crippen LogP contribution < -0.4 is 0 Å². The number of nitrogens with one attached hydrogen (secondary N) is 1. The van der Waals surface area contributed by atoms with Gasteiger partial charge in [-0.25, -0.2) is 0 Å². The molecule has 0 radical (unpaired) electrons. The molecule has 1 amide bonds. The summed E-state index contributed by atoms with van der Waals surface area (Å²) in [6.45, 7) is 3.95. The van der Waals surface area contributed by atoms with Crippen molar-refractivity contribution in [2.75, 3.05) is 13.1 Å². The van der Waals surface area contributed by atoms with Crippen LogP contribution in [0, 0.1) is 5.92 Å². The summed E-state index contributed by atoms with van der Waals surface area (Å²) >= 11 is 0. The fraction of sp³-hybridized carbons (Fsp3) is 0.600. The first kappa shape index (κ1) is 9.24. The molecule has 4 heteroatoms. The predicted octanol–water partition coefficient (Wildman–Crippen LogP) is 1.28. The van der Waals surface area contributed by atoms with Gasteiger partial charge in [-0.2, -0.15) is 5.10 Å². The number of piperidine rings is 1. The first-order chi connectivity index (χ1) is 6.77.